The first-order chi connectivity index (χ1) is 6.43. The molecular formula is C9H15N3O2. The van der Waals surface area contributed by atoms with Gasteiger partial charge in [0.1, 0.15) is 0 Å². The van der Waals surface area contributed by atoms with Crippen molar-refractivity contribution >= 4 is 11.8 Å². The fraction of sp³-hybridized carbons (Fsp3) is 0.556. The summed E-state index contributed by atoms with van der Waals surface area (Å²) in [5.41, 5.74) is 0. The number of carboxylic acid groups (broad SMARTS) is 1. The summed E-state index contributed by atoms with van der Waals surface area (Å²) in [7, 11) is 7.50. The summed E-state index contributed by atoms with van der Waals surface area (Å²) in [6, 6.07) is 0. The van der Waals surface area contributed by atoms with Crippen LogP contribution in [0.4, 0.5) is 5.82 Å². The minimum atomic E-state index is -1.06. The molecule has 1 aromatic rings. The number of anilines is 1. The predicted octanol–water partition coefficient (Wildman–Crippen LogP) is -1.79. The molecule has 5 heteroatoms. The number of carbonyl (C=O) groups is 1. The summed E-state index contributed by atoms with van der Waals surface area (Å²) >= 11 is 0. The van der Waals surface area contributed by atoms with Crippen molar-refractivity contribution in [3.8, 4) is 0 Å². The Morgan fingerprint density at radius 3 is 2.57 bits per heavy atom. The summed E-state index contributed by atoms with van der Waals surface area (Å²) in [6.45, 7) is 0. The lowest BCUT2D eigenvalue weighted by Crippen LogP contribution is -2.36. The Hall–Kier alpha value is -1.52. The van der Waals surface area contributed by atoms with Gasteiger partial charge in [-0.1, -0.05) is 0 Å². The highest BCUT2D eigenvalue weighted by atomic mass is 16.4. The number of nitrogens with zero attached hydrogens (tertiary/aromatic N) is 3. The summed E-state index contributed by atoms with van der Waals surface area (Å²) in [6.07, 6.45) is 1.82. The molecule has 1 rings (SSSR count). The first-order valence-electron chi connectivity index (χ1n) is 4.35. The van der Waals surface area contributed by atoms with Crippen LogP contribution in [0.25, 0.3) is 0 Å². The van der Waals surface area contributed by atoms with Crippen molar-refractivity contribution in [2.45, 2.75) is 6.42 Å². The molecule has 0 aromatic carbocycles. The quantitative estimate of drug-likeness (QED) is 0.538. The molecule has 0 atom stereocenters. The first kappa shape index (κ1) is 10.6. The Labute approximate surface area is 83.2 Å². The maximum atomic E-state index is 10.5. The van der Waals surface area contributed by atoms with Gasteiger partial charge in [-0.05, 0) is 0 Å². The van der Waals surface area contributed by atoms with Gasteiger partial charge in [0, 0.05) is 14.1 Å². The van der Waals surface area contributed by atoms with Crippen LogP contribution in [0.3, 0.4) is 0 Å². The molecule has 0 fully saturated rings. The van der Waals surface area contributed by atoms with Crippen LogP contribution in [0, 0.1) is 0 Å². The zero-order valence-corrected chi connectivity index (χ0v) is 8.94. The second-order valence-corrected chi connectivity index (χ2v) is 3.52. The number of hydrogen-bond donors (Lipinski definition) is 0. The van der Waals surface area contributed by atoms with Crippen molar-refractivity contribution in [3.05, 3.63) is 12.0 Å². The zero-order valence-electron chi connectivity index (χ0n) is 8.94. The number of hydrogen-bond acceptors (Lipinski definition) is 3. The molecule has 5 nitrogen and oxygen atoms in total. The summed E-state index contributed by atoms with van der Waals surface area (Å²) in [5.74, 6) is 0.615. The maximum absolute atomic E-state index is 10.5. The monoisotopic (exact) mass is 197 g/mol. The third-order valence-corrected chi connectivity index (χ3v) is 2.21. The van der Waals surface area contributed by atoms with E-state index < -0.39 is 5.97 Å². The summed E-state index contributed by atoms with van der Waals surface area (Å²) < 4.78 is 3.64. The van der Waals surface area contributed by atoms with Crippen molar-refractivity contribution in [3.63, 3.8) is 0 Å². The standard InChI is InChI=1S/C9H15N3O2/c1-10(2)8-6-11(3)7(12(8)4)5-9(13)14/h6H,5H2,1-4H3. The molecule has 0 aliphatic heterocycles. The fourth-order valence-electron chi connectivity index (χ4n) is 1.49. The van der Waals surface area contributed by atoms with Crippen molar-refractivity contribution in [1.29, 1.82) is 0 Å². The van der Waals surface area contributed by atoms with Gasteiger partial charge < -0.3 is 14.8 Å². The lowest BCUT2D eigenvalue weighted by molar-refractivity contribution is -0.678. The van der Waals surface area contributed by atoms with Crippen molar-refractivity contribution in [2.75, 3.05) is 19.0 Å². The van der Waals surface area contributed by atoms with Gasteiger partial charge in [0.25, 0.3) is 5.82 Å². The van der Waals surface area contributed by atoms with E-state index in [1.807, 2.05) is 43.9 Å². The Balaban J connectivity index is 3.11. The normalized spacial score (nSPS) is 10.3. The van der Waals surface area contributed by atoms with Crippen molar-refractivity contribution in [1.82, 2.24) is 4.57 Å². The number of carboxylic acids is 1. The maximum Gasteiger partial charge on any atom is 0.263 e. The molecule has 1 heterocycles. The van der Waals surface area contributed by atoms with Crippen LogP contribution in [0.2, 0.25) is 0 Å². The van der Waals surface area contributed by atoms with E-state index in [0.29, 0.717) is 5.82 Å². The van der Waals surface area contributed by atoms with E-state index in [4.69, 9.17) is 0 Å². The Morgan fingerprint density at radius 2 is 2.21 bits per heavy atom. The number of aliphatic carboxylic acids is 1. The number of rotatable bonds is 3. The SMILES string of the molecule is CN(C)c1c[n+](C)c(CC(=O)[O-])n1C. The average molecular weight is 197 g/mol. The van der Waals surface area contributed by atoms with Crippen LogP contribution >= 0.6 is 0 Å². The van der Waals surface area contributed by atoms with Gasteiger partial charge >= 0.3 is 0 Å². The van der Waals surface area contributed by atoms with E-state index in [9.17, 15) is 9.90 Å². The molecule has 0 unspecified atom stereocenters. The number of carbonyl (C=O) groups excluding carboxylic acids is 1. The highest BCUT2D eigenvalue weighted by Gasteiger charge is 2.19. The van der Waals surface area contributed by atoms with Crippen LogP contribution in [0.1, 0.15) is 5.82 Å². The number of imidazole rings is 1. The van der Waals surface area contributed by atoms with E-state index in [0.717, 1.165) is 5.82 Å². The van der Waals surface area contributed by atoms with Gasteiger partial charge in [-0.2, -0.15) is 0 Å². The van der Waals surface area contributed by atoms with Crippen LogP contribution in [-0.4, -0.2) is 24.6 Å². The highest BCUT2D eigenvalue weighted by molar-refractivity contribution is 5.66. The fourth-order valence-corrected chi connectivity index (χ4v) is 1.49. The average Bonchev–Trinajstić information content (AvgIpc) is 2.31. The van der Waals surface area contributed by atoms with E-state index in [1.165, 1.54) is 0 Å². The summed E-state index contributed by atoms with van der Waals surface area (Å²) in [4.78, 5) is 12.4. The largest absolute Gasteiger partial charge is 0.549 e. The van der Waals surface area contributed by atoms with E-state index in [-0.39, 0.29) is 6.42 Å². The van der Waals surface area contributed by atoms with Crippen molar-refractivity contribution < 1.29 is 14.5 Å². The second kappa shape index (κ2) is 3.69. The molecule has 0 aliphatic rings. The van der Waals surface area contributed by atoms with Gasteiger partial charge in [-0.3, -0.25) is 0 Å². The van der Waals surface area contributed by atoms with E-state index in [2.05, 4.69) is 0 Å². The minimum absolute atomic E-state index is 0.0686. The number of aromatic nitrogens is 2. The zero-order chi connectivity index (χ0) is 10.9. The molecule has 0 radical (unpaired) electrons. The van der Waals surface area contributed by atoms with Crippen LogP contribution in [0.5, 0.6) is 0 Å². The molecule has 0 aliphatic carbocycles. The third kappa shape index (κ3) is 1.86. The Bertz CT molecular complexity index is 355. The Kier molecular flexibility index (Phi) is 2.78. The molecule has 0 N–H and O–H groups in total. The van der Waals surface area contributed by atoms with Crippen LogP contribution in [0.15, 0.2) is 6.20 Å². The van der Waals surface area contributed by atoms with E-state index in [1.54, 1.807) is 4.57 Å². The van der Waals surface area contributed by atoms with Gasteiger partial charge in [-0.15, -0.1) is 0 Å². The summed E-state index contributed by atoms with van der Waals surface area (Å²) in [5, 5.41) is 10.5. The Morgan fingerprint density at radius 1 is 1.64 bits per heavy atom. The molecule has 78 valence electrons. The van der Waals surface area contributed by atoms with Crippen LogP contribution in [-0.2, 0) is 25.3 Å². The molecule has 0 spiro atoms. The molecule has 0 saturated heterocycles. The van der Waals surface area contributed by atoms with Gasteiger partial charge in [0.2, 0.25) is 5.82 Å². The molecule has 0 bridgehead atoms. The van der Waals surface area contributed by atoms with Gasteiger partial charge in [-0.25, -0.2) is 9.13 Å². The van der Waals surface area contributed by atoms with Gasteiger partial charge in [0.15, 0.2) is 6.20 Å². The number of aryl methyl sites for hydroxylation is 1. The third-order valence-electron chi connectivity index (χ3n) is 2.21. The molecule has 14 heavy (non-hydrogen) atoms. The second-order valence-electron chi connectivity index (χ2n) is 3.52. The first-order valence-corrected chi connectivity index (χ1v) is 4.35. The smallest absolute Gasteiger partial charge is 0.263 e. The lowest BCUT2D eigenvalue weighted by atomic mass is 10.4. The highest BCUT2D eigenvalue weighted by Crippen LogP contribution is 2.10. The molecule has 0 amide bonds. The minimum Gasteiger partial charge on any atom is -0.549 e. The van der Waals surface area contributed by atoms with Gasteiger partial charge in [0.05, 0.1) is 26.5 Å². The molecular weight excluding hydrogens is 182 g/mol. The molecule has 1 aromatic heterocycles. The van der Waals surface area contributed by atoms with E-state index >= 15 is 0 Å². The topological polar surface area (TPSA) is 52.2 Å². The predicted molar refractivity (Wildman–Crippen MR) is 49.6 cm³/mol. The van der Waals surface area contributed by atoms with Crippen LogP contribution < -0.4 is 14.6 Å². The molecule has 0 saturated carbocycles. The van der Waals surface area contributed by atoms with Crippen molar-refractivity contribution in [2.24, 2.45) is 14.1 Å². The lowest BCUT2D eigenvalue weighted by Gasteiger charge is -2.07.